The number of aliphatic hydroxyl groups is 2. The van der Waals surface area contributed by atoms with E-state index >= 15 is 0 Å². The molecule has 7 nitrogen and oxygen atoms in total. The number of hydrogen-bond donors (Lipinski definition) is 3. The highest BCUT2D eigenvalue weighted by molar-refractivity contribution is 6.31. The van der Waals surface area contributed by atoms with E-state index in [0.717, 1.165) is 0 Å². The van der Waals surface area contributed by atoms with Crippen LogP contribution in [0, 0.1) is 24.7 Å². The normalized spacial score (nSPS) is 26.1. The van der Waals surface area contributed by atoms with Gasteiger partial charge in [0.2, 0.25) is 0 Å². The van der Waals surface area contributed by atoms with Gasteiger partial charge in [-0.25, -0.2) is 0 Å². The molecule has 21 heavy (non-hydrogen) atoms. The molecule has 3 atom stereocenters. The summed E-state index contributed by atoms with van der Waals surface area (Å²) >= 11 is 0. The first-order valence-corrected chi connectivity index (χ1v) is 6.48. The molecule has 1 saturated heterocycles. The smallest absolute Gasteiger partial charge is 0.151 e. The Bertz CT molecular complexity index is 448. The van der Waals surface area contributed by atoms with Gasteiger partial charge in [0.25, 0.3) is 0 Å². The molecule has 0 aromatic heterocycles. The van der Waals surface area contributed by atoms with Crippen molar-refractivity contribution >= 4 is 11.9 Å². The average molecular weight is 292 g/mol. The van der Waals surface area contributed by atoms with Crippen LogP contribution in [0.1, 0.15) is 6.42 Å². The first kappa shape index (κ1) is 17.2. The van der Waals surface area contributed by atoms with Crippen LogP contribution < -0.4 is 5.84 Å². The van der Waals surface area contributed by atoms with Gasteiger partial charge in [0.05, 0.1) is 31.5 Å². The summed E-state index contributed by atoms with van der Waals surface area (Å²) in [4.78, 5) is 5.96. The lowest BCUT2D eigenvalue weighted by Crippen LogP contribution is -2.32. The van der Waals surface area contributed by atoms with E-state index in [2.05, 4.69) is 21.9 Å². The molecule has 7 heteroatoms. The summed E-state index contributed by atoms with van der Waals surface area (Å²) in [5.74, 6) is 10.3. The van der Waals surface area contributed by atoms with E-state index in [-0.39, 0.29) is 6.61 Å². The zero-order valence-electron chi connectivity index (χ0n) is 11.7. The first-order valence-electron chi connectivity index (χ1n) is 6.48. The van der Waals surface area contributed by atoms with E-state index in [9.17, 15) is 5.11 Å². The highest BCUT2D eigenvalue weighted by atomic mass is 16.5. The SMILES string of the molecule is C#CCN(CC#C)CC(/C=N/C1CC(O)C(CO)O1)=N/N. The van der Waals surface area contributed by atoms with E-state index in [4.69, 9.17) is 28.5 Å². The fourth-order valence-electron chi connectivity index (χ4n) is 1.91. The summed E-state index contributed by atoms with van der Waals surface area (Å²) in [6.07, 6.45) is 10.4. The standard InChI is InChI=1S/C14H20N4O3/c1-3-5-18(6-4-2)9-11(17-15)8-16-14-7-12(20)13(10-19)21-14/h1-2,8,12-14,19-20H,5-7,9-10,15H2/b16-8+,17-11+. The number of aliphatic hydroxyl groups excluding tert-OH is 2. The molecule has 1 aliphatic rings. The van der Waals surface area contributed by atoms with Gasteiger partial charge >= 0.3 is 0 Å². The molecule has 1 rings (SSSR count). The van der Waals surface area contributed by atoms with Crippen molar-refractivity contribution in [3.8, 4) is 24.7 Å². The van der Waals surface area contributed by atoms with Crippen LogP contribution >= 0.6 is 0 Å². The number of aliphatic imine (C=N–C) groups is 1. The van der Waals surface area contributed by atoms with Crippen LogP contribution in [0.2, 0.25) is 0 Å². The van der Waals surface area contributed by atoms with Crippen molar-refractivity contribution in [3.05, 3.63) is 0 Å². The first-order chi connectivity index (χ1) is 10.1. The minimum Gasteiger partial charge on any atom is -0.394 e. The molecule has 0 aliphatic carbocycles. The van der Waals surface area contributed by atoms with Crippen LogP contribution in [0.4, 0.5) is 0 Å². The number of rotatable bonds is 7. The van der Waals surface area contributed by atoms with Crippen LogP contribution in [0.25, 0.3) is 0 Å². The van der Waals surface area contributed by atoms with Crippen molar-refractivity contribution in [1.29, 1.82) is 0 Å². The van der Waals surface area contributed by atoms with E-state index in [1.54, 1.807) is 4.90 Å². The molecule has 0 aromatic rings. The Kier molecular flexibility index (Phi) is 7.44. The van der Waals surface area contributed by atoms with Gasteiger partial charge in [-0.1, -0.05) is 11.8 Å². The highest BCUT2D eigenvalue weighted by Gasteiger charge is 2.32. The Balaban J connectivity index is 2.57. The Morgan fingerprint density at radius 1 is 1.43 bits per heavy atom. The van der Waals surface area contributed by atoms with E-state index in [1.807, 2.05) is 0 Å². The van der Waals surface area contributed by atoms with Crippen LogP contribution in [0.3, 0.4) is 0 Å². The molecule has 4 N–H and O–H groups in total. The Morgan fingerprint density at radius 3 is 2.57 bits per heavy atom. The van der Waals surface area contributed by atoms with Gasteiger partial charge in [-0.2, -0.15) is 5.10 Å². The molecule has 3 unspecified atom stereocenters. The van der Waals surface area contributed by atoms with Crippen molar-refractivity contribution in [3.63, 3.8) is 0 Å². The van der Waals surface area contributed by atoms with Crippen molar-refractivity contribution in [2.45, 2.75) is 24.9 Å². The number of hydrogen-bond acceptors (Lipinski definition) is 7. The molecule has 1 aliphatic heterocycles. The third kappa shape index (κ3) is 5.54. The van der Waals surface area contributed by atoms with Gasteiger partial charge in [0.1, 0.15) is 6.10 Å². The quantitative estimate of drug-likeness (QED) is 0.227. The maximum Gasteiger partial charge on any atom is 0.151 e. The summed E-state index contributed by atoms with van der Waals surface area (Å²) in [5, 5.41) is 22.2. The van der Waals surface area contributed by atoms with Crippen molar-refractivity contribution in [1.82, 2.24) is 4.90 Å². The number of terminal acetylenes is 2. The van der Waals surface area contributed by atoms with Crippen LogP contribution in [-0.4, -0.2) is 71.7 Å². The molecule has 0 aromatic carbocycles. The fraction of sp³-hybridized carbons (Fsp3) is 0.571. The third-order valence-electron chi connectivity index (χ3n) is 2.96. The monoisotopic (exact) mass is 292 g/mol. The predicted octanol–water partition coefficient (Wildman–Crippen LogP) is -1.59. The largest absolute Gasteiger partial charge is 0.394 e. The van der Waals surface area contributed by atoms with Crippen molar-refractivity contribution in [2.75, 3.05) is 26.2 Å². The second kappa shape index (κ2) is 9.11. The summed E-state index contributed by atoms with van der Waals surface area (Å²) in [6, 6.07) is 0. The van der Waals surface area contributed by atoms with Gasteiger partial charge in [0.15, 0.2) is 6.23 Å². The molecule has 1 fully saturated rings. The molecule has 0 saturated carbocycles. The Morgan fingerprint density at radius 2 is 2.10 bits per heavy atom. The minimum atomic E-state index is -0.727. The lowest BCUT2D eigenvalue weighted by Gasteiger charge is -2.16. The number of ether oxygens (including phenoxy) is 1. The summed E-state index contributed by atoms with van der Waals surface area (Å²) in [6.45, 7) is 0.876. The highest BCUT2D eigenvalue weighted by Crippen LogP contribution is 2.20. The van der Waals surface area contributed by atoms with Crippen molar-refractivity contribution in [2.24, 2.45) is 15.9 Å². The van der Waals surface area contributed by atoms with Crippen LogP contribution in [0.15, 0.2) is 10.1 Å². The number of nitrogens with zero attached hydrogens (tertiary/aromatic N) is 3. The van der Waals surface area contributed by atoms with E-state index in [1.165, 1.54) is 6.21 Å². The molecular formula is C14H20N4O3. The average Bonchev–Trinajstić information content (AvgIpc) is 2.84. The summed E-state index contributed by atoms with van der Waals surface area (Å²) in [7, 11) is 0. The second-order valence-corrected chi connectivity index (χ2v) is 4.57. The topological polar surface area (TPSA) is 104 Å². The Labute approximate surface area is 124 Å². The zero-order chi connectivity index (χ0) is 15.7. The lowest BCUT2D eigenvalue weighted by molar-refractivity contribution is -0.0192. The lowest BCUT2D eigenvalue weighted by atomic mass is 10.2. The maximum atomic E-state index is 9.60. The van der Waals surface area contributed by atoms with Crippen LogP contribution in [0.5, 0.6) is 0 Å². The fourth-order valence-corrected chi connectivity index (χ4v) is 1.91. The molecule has 0 amide bonds. The van der Waals surface area contributed by atoms with Crippen molar-refractivity contribution < 1.29 is 14.9 Å². The Hall–Kier alpha value is -1.90. The van der Waals surface area contributed by atoms with E-state index in [0.29, 0.717) is 31.8 Å². The molecule has 1 heterocycles. The van der Waals surface area contributed by atoms with Crippen LogP contribution in [-0.2, 0) is 4.74 Å². The predicted molar refractivity (Wildman–Crippen MR) is 80.6 cm³/mol. The molecular weight excluding hydrogens is 272 g/mol. The molecule has 114 valence electrons. The zero-order valence-corrected chi connectivity index (χ0v) is 11.7. The summed E-state index contributed by atoms with van der Waals surface area (Å²) in [5.41, 5.74) is 0.492. The van der Waals surface area contributed by atoms with Gasteiger partial charge in [-0.05, 0) is 0 Å². The number of hydrazone groups is 1. The molecule has 0 bridgehead atoms. The maximum absolute atomic E-state index is 9.60. The van der Waals surface area contributed by atoms with Gasteiger partial charge < -0.3 is 20.8 Å². The van der Waals surface area contributed by atoms with Gasteiger partial charge in [-0.3, -0.25) is 9.89 Å². The summed E-state index contributed by atoms with van der Waals surface area (Å²) < 4.78 is 5.35. The number of nitrogens with two attached hydrogens (primary N) is 1. The van der Waals surface area contributed by atoms with Gasteiger partial charge in [0, 0.05) is 19.2 Å². The van der Waals surface area contributed by atoms with E-state index < -0.39 is 18.4 Å². The molecule has 0 radical (unpaired) electrons. The molecule has 0 spiro atoms. The minimum absolute atomic E-state index is 0.247. The second-order valence-electron chi connectivity index (χ2n) is 4.57. The third-order valence-corrected chi connectivity index (χ3v) is 2.96. The van der Waals surface area contributed by atoms with Gasteiger partial charge in [-0.15, -0.1) is 12.8 Å².